The van der Waals surface area contributed by atoms with E-state index in [-0.39, 0.29) is 11.1 Å². The quantitative estimate of drug-likeness (QED) is 0.689. The molecule has 2 aromatic rings. The monoisotopic (exact) mass is 330 g/mol. The van der Waals surface area contributed by atoms with Crippen molar-refractivity contribution in [3.63, 3.8) is 0 Å². The zero-order valence-electron chi connectivity index (χ0n) is 12.6. The van der Waals surface area contributed by atoms with Crippen molar-refractivity contribution in [2.45, 2.75) is 24.7 Å². The molecule has 0 amide bonds. The summed E-state index contributed by atoms with van der Waals surface area (Å²) in [6.45, 7) is 1.79. The highest BCUT2D eigenvalue weighted by Gasteiger charge is 2.21. The Morgan fingerprint density at radius 1 is 1.52 bits per heavy atom. The van der Waals surface area contributed by atoms with Gasteiger partial charge in [0, 0.05) is 26.1 Å². The van der Waals surface area contributed by atoms with Crippen LogP contribution in [0.5, 0.6) is 0 Å². The zero-order chi connectivity index (χ0) is 16.4. The first-order valence-electron chi connectivity index (χ1n) is 7.17. The van der Waals surface area contributed by atoms with Crippen molar-refractivity contribution in [3.05, 3.63) is 56.8 Å². The van der Waals surface area contributed by atoms with Gasteiger partial charge in [-0.25, -0.2) is 9.37 Å². The van der Waals surface area contributed by atoms with E-state index in [0.29, 0.717) is 30.2 Å². The molecule has 0 atom stereocenters. The number of rotatable bonds is 3. The third-order valence-electron chi connectivity index (χ3n) is 3.88. The maximum atomic E-state index is 13.7. The molecular formula is C16H15FN4OS. The Labute approximate surface area is 137 Å². The van der Waals surface area contributed by atoms with Gasteiger partial charge in [0.15, 0.2) is 5.16 Å². The normalized spacial score (nSPS) is 14.3. The molecule has 0 spiro atoms. The third kappa shape index (κ3) is 3.28. The number of aromatic amines is 1. The molecule has 23 heavy (non-hydrogen) atoms. The lowest BCUT2D eigenvalue weighted by Crippen LogP contribution is -2.35. The summed E-state index contributed by atoms with van der Waals surface area (Å²) in [6, 6.07) is 6.43. The van der Waals surface area contributed by atoms with Crippen LogP contribution in [0.2, 0.25) is 0 Å². The highest BCUT2D eigenvalue weighted by molar-refractivity contribution is 7.98. The van der Waals surface area contributed by atoms with Crippen molar-refractivity contribution in [1.29, 1.82) is 5.26 Å². The van der Waals surface area contributed by atoms with Crippen LogP contribution in [-0.4, -0.2) is 27.7 Å². The highest BCUT2D eigenvalue weighted by Crippen LogP contribution is 2.19. The largest absolute Gasteiger partial charge is 0.301 e. The number of aromatic nitrogens is 2. The SMILES string of the molecule is CSc1nc2c(c(=O)[nH]1)CN(Cc1ccc(C#N)c(F)c1)CC2. The Hall–Kier alpha value is -2.17. The van der Waals surface area contributed by atoms with Gasteiger partial charge in [-0.2, -0.15) is 5.26 Å². The first-order chi connectivity index (χ1) is 11.1. The Morgan fingerprint density at radius 2 is 2.35 bits per heavy atom. The number of thioether (sulfide) groups is 1. The van der Waals surface area contributed by atoms with Crippen LogP contribution >= 0.6 is 11.8 Å². The topological polar surface area (TPSA) is 72.8 Å². The van der Waals surface area contributed by atoms with Gasteiger partial charge in [0.05, 0.1) is 16.8 Å². The van der Waals surface area contributed by atoms with Crippen LogP contribution in [-0.2, 0) is 19.5 Å². The minimum absolute atomic E-state index is 0.0444. The van der Waals surface area contributed by atoms with Crippen molar-refractivity contribution in [2.75, 3.05) is 12.8 Å². The molecule has 2 heterocycles. The zero-order valence-corrected chi connectivity index (χ0v) is 13.4. The number of benzene rings is 1. The fourth-order valence-electron chi connectivity index (χ4n) is 2.70. The first kappa shape index (κ1) is 15.7. The lowest BCUT2D eigenvalue weighted by atomic mass is 10.1. The number of hydrogen-bond donors (Lipinski definition) is 1. The summed E-state index contributed by atoms with van der Waals surface area (Å²) in [5, 5.41) is 9.40. The van der Waals surface area contributed by atoms with Gasteiger partial charge in [-0.05, 0) is 24.0 Å². The smallest absolute Gasteiger partial charge is 0.256 e. The summed E-state index contributed by atoms with van der Waals surface area (Å²) in [4.78, 5) is 21.5. The number of halogens is 1. The van der Waals surface area contributed by atoms with Gasteiger partial charge in [-0.3, -0.25) is 9.69 Å². The van der Waals surface area contributed by atoms with Gasteiger partial charge in [0.25, 0.3) is 5.56 Å². The van der Waals surface area contributed by atoms with E-state index in [4.69, 9.17) is 5.26 Å². The molecule has 1 N–H and O–H groups in total. The summed E-state index contributed by atoms with van der Waals surface area (Å²) in [5.41, 5.74) is 2.26. The summed E-state index contributed by atoms with van der Waals surface area (Å²) in [5.74, 6) is -0.508. The molecular weight excluding hydrogens is 315 g/mol. The van der Waals surface area contributed by atoms with Crippen LogP contribution in [0.25, 0.3) is 0 Å². The molecule has 0 fully saturated rings. The maximum absolute atomic E-state index is 13.7. The van der Waals surface area contributed by atoms with Gasteiger partial charge in [0.2, 0.25) is 0 Å². The van der Waals surface area contributed by atoms with Gasteiger partial charge < -0.3 is 4.98 Å². The maximum Gasteiger partial charge on any atom is 0.256 e. The van der Waals surface area contributed by atoms with Crippen LogP contribution in [0, 0.1) is 17.1 Å². The molecule has 1 aliphatic rings. The van der Waals surface area contributed by atoms with E-state index in [1.165, 1.54) is 23.9 Å². The van der Waals surface area contributed by atoms with Crippen molar-refractivity contribution in [1.82, 2.24) is 14.9 Å². The predicted molar refractivity (Wildman–Crippen MR) is 85.6 cm³/mol. The molecule has 0 saturated carbocycles. The van der Waals surface area contributed by atoms with E-state index in [0.717, 1.165) is 17.8 Å². The Kier molecular flexibility index (Phi) is 4.46. The highest BCUT2D eigenvalue weighted by atomic mass is 32.2. The van der Waals surface area contributed by atoms with Crippen molar-refractivity contribution in [2.24, 2.45) is 0 Å². The molecule has 1 aromatic carbocycles. The Morgan fingerprint density at radius 3 is 3.04 bits per heavy atom. The molecule has 0 saturated heterocycles. The molecule has 3 rings (SSSR count). The van der Waals surface area contributed by atoms with Gasteiger partial charge >= 0.3 is 0 Å². The number of nitrogens with zero attached hydrogens (tertiary/aromatic N) is 3. The minimum Gasteiger partial charge on any atom is -0.301 e. The average Bonchev–Trinajstić information content (AvgIpc) is 2.55. The van der Waals surface area contributed by atoms with Gasteiger partial charge in [0.1, 0.15) is 11.9 Å². The lowest BCUT2D eigenvalue weighted by molar-refractivity contribution is 0.240. The number of fused-ring (bicyclic) bond motifs is 1. The number of H-pyrrole nitrogens is 1. The van der Waals surface area contributed by atoms with E-state index in [9.17, 15) is 9.18 Å². The summed E-state index contributed by atoms with van der Waals surface area (Å²) < 4.78 is 13.7. The minimum atomic E-state index is -0.508. The van der Waals surface area contributed by atoms with Crippen molar-refractivity contribution in [3.8, 4) is 6.07 Å². The molecule has 7 heteroatoms. The van der Waals surface area contributed by atoms with E-state index in [1.54, 1.807) is 6.07 Å². The van der Waals surface area contributed by atoms with Crippen LogP contribution in [0.4, 0.5) is 4.39 Å². The van der Waals surface area contributed by atoms with E-state index in [1.807, 2.05) is 12.3 Å². The number of nitriles is 1. The molecule has 1 aromatic heterocycles. The fourth-order valence-corrected chi connectivity index (χ4v) is 3.09. The molecule has 118 valence electrons. The molecule has 0 bridgehead atoms. The predicted octanol–water partition coefficient (Wildman–Crippen LogP) is 2.06. The van der Waals surface area contributed by atoms with E-state index < -0.39 is 5.82 Å². The summed E-state index contributed by atoms with van der Waals surface area (Å²) in [7, 11) is 0. The van der Waals surface area contributed by atoms with Crippen LogP contribution in [0.1, 0.15) is 22.4 Å². The molecule has 0 radical (unpaired) electrons. The molecule has 0 aliphatic carbocycles. The third-order valence-corrected chi connectivity index (χ3v) is 4.46. The summed E-state index contributed by atoms with van der Waals surface area (Å²) in [6.07, 6.45) is 2.57. The van der Waals surface area contributed by atoms with E-state index >= 15 is 0 Å². The van der Waals surface area contributed by atoms with Crippen LogP contribution < -0.4 is 5.56 Å². The molecule has 5 nitrogen and oxygen atoms in total. The second kappa shape index (κ2) is 6.52. The van der Waals surface area contributed by atoms with E-state index in [2.05, 4.69) is 14.9 Å². The fraction of sp³-hybridized carbons (Fsp3) is 0.312. The first-order valence-corrected chi connectivity index (χ1v) is 8.40. The number of hydrogen-bond acceptors (Lipinski definition) is 5. The Balaban J connectivity index is 1.79. The standard InChI is InChI=1S/C16H15FN4OS/c1-23-16-19-14-4-5-21(9-12(14)15(22)20-16)8-10-2-3-11(7-18)13(17)6-10/h2-3,6H,4-5,8-9H2,1H3,(H,19,20,22). The van der Waals surface area contributed by atoms with Crippen molar-refractivity contribution >= 4 is 11.8 Å². The van der Waals surface area contributed by atoms with Crippen LogP contribution in [0.15, 0.2) is 28.2 Å². The second-order valence-electron chi connectivity index (χ2n) is 5.39. The van der Waals surface area contributed by atoms with Gasteiger partial charge in [-0.15, -0.1) is 0 Å². The lowest BCUT2D eigenvalue weighted by Gasteiger charge is -2.27. The molecule has 1 aliphatic heterocycles. The second-order valence-corrected chi connectivity index (χ2v) is 6.18. The Bertz CT molecular complexity index is 843. The average molecular weight is 330 g/mol. The molecule has 0 unspecified atom stereocenters. The summed E-state index contributed by atoms with van der Waals surface area (Å²) >= 11 is 1.42. The van der Waals surface area contributed by atoms with Gasteiger partial charge in [-0.1, -0.05) is 17.8 Å². The van der Waals surface area contributed by atoms with Crippen LogP contribution in [0.3, 0.4) is 0 Å². The van der Waals surface area contributed by atoms with Crippen molar-refractivity contribution < 1.29 is 4.39 Å². The number of nitrogens with one attached hydrogen (secondary N) is 1.